The van der Waals surface area contributed by atoms with Gasteiger partial charge in [0.1, 0.15) is 5.75 Å². The smallest absolute Gasteiger partial charge is 0.330 e. The topological polar surface area (TPSA) is 63.6 Å². The van der Waals surface area contributed by atoms with E-state index in [2.05, 4.69) is 0 Å². The van der Waals surface area contributed by atoms with Crippen molar-refractivity contribution in [1.82, 2.24) is 0 Å². The summed E-state index contributed by atoms with van der Waals surface area (Å²) in [6, 6.07) is 6.33. The van der Waals surface area contributed by atoms with Gasteiger partial charge in [0, 0.05) is 10.6 Å². The molecule has 90 valence electrons. The van der Waals surface area contributed by atoms with Crippen LogP contribution in [0, 0.1) is 0 Å². The molecule has 0 amide bonds. The number of benzene rings is 1. The van der Waals surface area contributed by atoms with Crippen LogP contribution in [-0.4, -0.2) is 17.0 Å². The van der Waals surface area contributed by atoms with E-state index in [0.29, 0.717) is 10.8 Å². The van der Waals surface area contributed by atoms with Crippen LogP contribution in [0.15, 0.2) is 35.9 Å². The van der Waals surface area contributed by atoms with Crippen molar-refractivity contribution in [3.63, 3.8) is 0 Å². The predicted octanol–water partition coefficient (Wildman–Crippen LogP) is 2.67. The summed E-state index contributed by atoms with van der Waals surface area (Å²) >= 11 is 5.67. The first kappa shape index (κ1) is 13.3. The molecule has 0 fully saturated rings. The highest BCUT2D eigenvalue weighted by Crippen LogP contribution is 2.16. The second-order valence-electron chi connectivity index (χ2n) is 3.32. The van der Waals surface area contributed by atoms with Gasteiger partial charge >= 0.3 is 11.9 Å². The highest BCUT2D eigenvalue weighted by atomic mass is 35.5. The standard InChI is InChI=1S/C12H11ClO4/c1-8(12(15)16)2-7-11(14)17-10-5-3-9(13)4-6-10/h2-6H,7H2,1H3,(H,15,16). The quantitative estimate of drug-likeness (QED) is 0.510. The molecule has 17 heavy (non-hydrogen) atoms. The van der Waals surface area contributed by atoms with Gasteiger partial charge in [-0.05, 0) is 31.2 Å². The number of carbonyl (C=O) groups excluding carboxylic acids is 1. The number of halogens is 1. The molecule has 0 atom stereocenters. The van der Waals surface area contributed by atoms with E-state index in [-0.39, 0.29) is 12.0 Å². The SMILES string of the molecule is CC(=CCC(=O)Oc1ccc(Cl)cc1)C(=O)O. The molecule has 1 rings (SSSR count). The molecule has 0 heterocycles. The van der Waals surface area contributed by atoms with Gasteiger partial charge < -0.3 is 9.84 Å². The van der Waals surface area contributed by atoms with Gasteiger partial charge in [-0.15, -0.1) is 0 Å². The zero-order valence-electron chi connectivity index (χ0n) is 9.14. The van der Waals surface area contributed by atoms with Crippen molar-refractivity contribution in [2.24, 2.45) is 0 Å². The molecule has 0 aliphatic rings. The number of ether oxygens (including phenoxy) is 1. The summed E-state index contributed by atoms with van der Waals surface area (Å²) < 4.78 is 4.96. The molecule has 0 radical (unpaired) electrons. The fourth-order valence-corrected chi connectivity index (χ4v) is 1.13. The molecule has 0 saturated heterocycles. The van der Waals surface area contributed by atoms with Gasteiger partial charge in [-0.25, -0.2) is 4.79 Å². The van der Waals surface area contributed by atoms with Gasteiger partial charge in [0.2, 0.25) is 0 Å². The van der Waals surface area contributed by atoms with Gasteiger partial charge in [-0.3, -0.25) is 4.79 Å². The third-order valence-electron chi connectivity index (χ3n) is 1.96. The number of aliphatic carboxylic acids is 1. The molecule has 0 aromatic heterocycles. The number of esters is 1. The highest BCUT2D eigenvalue weighted by molar-refractivity contribution is 6.30. The van der Waals surface area contributed by atoms with Crippen LogP contribution >= 0.6 is 11.6 Å². The lowest BCUT2D eigenvalue weighted by Crippen LogP contribution is -2.07. The van der Waals surface area contributed by atoms with Crippen LogP contribution in [0.3, 0.4) is 0 Å². The maximum atomic E-state index is 11.3. The van der Waals surface area contributed by atoms with Gasteiger partial charge in [-0.2, -0.15) is 0 Å². The van der Waals surface area contributed by atoms with E-state index in [9.17, 15) is 9.59 Å². The molecular formula is C12H11ClO4. The lowest BCUT2D eigenvalue weighted by Gasteiger charge is -2.02. The van der Waals surface area contributed by atoms with E-state index in [0.717, 1.165) is 0 Å². The second kappa shape index (κ2) is 6.06. The minimum Gasteiger partial charge on any atom is -0.478 e. The molecule has 0 bridgehead atoms. The van der Waals surface area contributed by atoms with Crippen molar-refractivity contribution in [1.29, 1.82) is 0 Å². The van der Waals surface area contributed by atoms with Crippen LogP contribution < -0.4 is 4.74 Å². The Morgan fingerprint density at radius 1 is 1.35 bits per heavy atom. The normalized spacial score (nSPS) is 11.1. The average Bonchev–Trinajstić information content (AvgIpc) is 2.29. The Balaban J connectivity index is 2.53. The summed E-state index contributed by atoms with van der Waals surface area (Å²) in [5, 5.41) is 9.13. The number of hydrogen-bond donors (Lipinski definition) is 1. The molecule has 0 aliphatic heterocycles. The van der Waals surface area contributed by atoms with Crippen LogP contribution in [0.2, 0.25) is 5.02 Å². The van der Waals surface area contributed by atoms with Crippen molar-refractivity contribution >= 4 is 23.5 Å². The first-order chi connectivity index (χ1) is 7.99. The minimum absolute atomic E-state index is 0.0826. The Labute approximate surface area is 103 Å². The van der Waals surface area contributed by atoms with Crippen molar-refractivity contribution in [3.8, 4) is 5.75 Å². The van der Waals surface area contributed by atoms with E-state index in [1.807, 2.05) is 0 Å². The maximum absolute atomic E-state index is 11.3. The molecule has 5 heteroatoms. The number of carboxylic acid groups (broad SMARTS) is 1. The monoisotopic (exact) mass is 254 g/mol. The minimum atomic E-state index is -1.05. The summed E-state index contributed by atoms with van der Waals surface area (Å²) in [5.41, 5.74) is 0.109. The summed E-state index contributed by atoms with van der Waals surface area (Å²) in [7, 11) is 0. The molecule has 1 aromatic rings. The average molecular weight is 255 g/mol. The van der Waals surface area contributed by atoms with E-state index in [4.69, 9.17) is 21.4 Å². The zero-order chi connectivity index (χ0) is 12.8. The van der Waals surface area contributed by atoms with E-state index in [1.165, 1.54) is 13.0 Å². The summed E-state index contributed by atoms with van der Waals surface area (Å²) in [6.45, 7) is 1.41. The maximum Gasteiger partial charge on any atom is 0.330 e. The fourth-order valence-electron chi connectivity index (χ4n) is 0.999. The number of hydrogen-bond acceptors (Lipinski definition) is 3. The number of carboxylic acids is 1. The number of rotatable bonds is 4. The van der Waals surface area contributed by atoms with Gasteiger partial charge in [-0.1, -0.05) is 17.7 Å². The third kappa shape index (κ3) is 4.70. The van der Waals surface area contributed by atoms with Crippen molar-refractivity contribution in [2.45, 2.75) is 13.3 Å². The third-order valence-corrected chi connectivity index (χ3v) is 2.21. The van der Waals surface area contributed by atoms with Crippen molar-refractivity contribution in [3.05, 3.63) is 40.9 Å². The Morgan fingerprint density at radius 2 is 1.94 bits per heavy atom. The van der Waals surface area contributed by atoms with Crippen molar-refractivity contribution < 1.29 is 19.4 Å². The lowest BCUT2D eigenvalue weighted by molar-refractivity contribution is -0.133. The second-order valence-corrected chi connectivity index (χ2v) is 3.76. The molecular weight excluding hydrogens is 244 g/mol. The molecule has 1 aromatic carbocycles. The van der Waals surface area contributed by atoms with Crippen molar-refractivity contribution in [2.75, 3.05) is 0 Å². The van der Waals surface area contributed by atoms with Gasteiger partial charge in [0.25, 0.3) is 0 Å². The summed E-state index contributed by atoms with van der Waals surface area (Å²) in [4.78, 5) is 21.8. The first-order valence-corrected chi connectivity index (χ1v) is 5.23. The van der Waals surface area contributed by atoms with Crippen LogP contribution in [0.4, 0.5) is 0 Å². The predicted molar refractivity (Wildman–Crippen MR) is 63.1 cm³/mol. The summed E-state index contributed by atoms with van der Waals surface area (Å²) in [6.07, 6.45) is 1.22. The lowest BCUT2D eigenvalue weighted by atomic mass is 10.2. The van der Waals surface area contributed by atoms with Gasteiger partial charge in [0.05, 0.1) is 6.42 Å². The van der Waals surface area contributed by atoms with E-state index in [1.54, 1.807) is 24.3 Å². The largest absolute Gasteiger partial charge is 0.478 e. The fraction of sp³-hybridized carbons (Fsp3) is 0.167. The molecule has 1 N–H and O–H groups in total. The Bertz CT molecular complexity index is 448. The molecule has 0 unspecified atom stereocenters. The van der Waals surface area contributed by atoms with E-state index >= 15 is 0 Å². The Morgan fingerprint density at radius 3 is 2.47 bits per heavy atom. The van der Waals surface area contributed by atoms with Crippen LogP contribution in [-0.2, 0) is 9.59 Å². The summed E-state index contributed by atoms with van der Waals surface area (Å²) in [5.74, 6) is -1.20. The van der Waals surface area contributed by atoms with Crippen LogP contribution in [0.25, 0.3) is 0 Å². The molecule has 0 saturated carbocycles. The van der Waals surface area contributed by atoms with Crippen LogP contribution in [0.1, 0.15) is 13.3 Å². The molecule has 0 spiro atoms. The Hall–Kier alpha value is -1.81. The Kier molecular flexibility index (Phi) is 4.72. The first-order valence-electron chi connectivity index (χ1n) is 4.85. The highest BCUT2D eigenvalue weighted by Gasteiger charge is 2.05. The van der Waals surface area contributed by atoms with Gasteiger partial charge in [0.15, 0.2) is 0 Å². The van der Waals surface area contributed by atoms with Crippen LogP contribution in [0.5, 0.6) is 5.75 Å². The molecule has 0 aliphatic carbocycles. The number of carbonyl (C=O) groups is 2. The molecule has 4 nitrogen and oxygen atoms in total. The zero-order valence-corrected chi connectivity index (χ0v) is 9.90. The van der Waals surface area contributed by atoms with E-state index < -0.39 is 11.9 Å².